The minimum Gasteiger partial charge on any atom is -0.361 e. The molecule has 24 heavy (non-hydrogen) atoms. The highest BCUT2D eigenvalue weighted by Crippen LogP contribution is 2.40. The normalized spacial score (nSPS) is 25.3. The summed E-state index contributed by atoms with van der Waals surface area (Å²) in [6.07, 6.45) is 4.23. The molecule has 4 rings (SSSR count). The largest absolute Gasteiger partial charge is 0.361 e. The smallest absolute Gasteiger partial charge is 0.317 e. The summed E-state index contributed by atoms with van der Waals surface area (Å²) in [5.41, 5.74) is 4.07. The van der Waals surface area contributed by atoms with Crippen LogP contribution >= 0.6 is 0 Å². The van der Waals surface area contributed by atoms with Gasteiger partial charge >= 0.3 is 6.03 Å². The van der Waals surface area contributed by atoms with Crippen molar-refractivity contribution in [1.29, 1.82) is 0 Å². The Labute approximate surface area is 142 Å². The molecule has 1 aromatic heterocycles. The molecule has 0 spiro atoms. The van der Waals surface area contributed by atoms with Gasteiger partial charge in [0.2, 0.25) is 0 Å². The van der Waals surface area contributed by atoms with Crippen molar-refractivity contribution in [3.05, 3.63) is 35.5 Å². The summed E-state index contributed by atoms with van der Waals surface area (Å²) in [5, 5.41) is 8.30. The summed E-state index contributed by atoms with van der Waals surface area (Å²) < 4.78 is 0. The van der Waals surface area contributed by atoms with Gasteiger partial charge in [-0.2, -0.15) is 0 Å². The number of H-pyrrole nitrogens is 1. The molecule has 0 saturated carbocycles. The van der Waals surface area contributed by atoms with E-state index in [0.29, 0.717) is 12.0 Å². The molecule has 3 N–H and O–H groups in total. The van der Waals surface area contributed by atoms with E-state index in [4.69, 9.17) is 0 Å². The zero-order chi connectivity index (χ0) is 16.7. The van der Waals surface area contributed by atoms with Crippen LogP contribution in [0.4, 0.5) is 4.79 Å². The van der Waals surface area contributed by atoms with Crippen LogP contribution in [0.5, 0.6) is 0 Å². The molecule has 1 aromatic carbocycles. The second kappa shape index (κ2) is 6.13. The predicted molar refractivity (Wildman–Crippen MR) is 96.4 cm³/mol. The Bertz CT molecular complexity index is 749. The van der Waals surface area contributed by atoms with E-state index in [1.54, 1.807) is 0 Å². The van der Waals surface area contributed by atoms with E-state index in [1.165, 1.54) is 22.0 Å². The molecule has 1 aliphatic heterocycles. The molecule has 5 heteroatoms. The first-order valence-corrected chi connectivity index (χ1v) is 9.09. The van der Waals surface area contributed by atoms with Crippen molar-refractivity contribution in [1.82, 2.24) is 20.5 Å². The third-order valence-electron chi connectivity index (χ3n) is 5.69. The molecule has 5 nitrogen and oxygen atoms in total. The van der Waals surface area contributed by atoms with Gasteiger partial charge < -0.3 is 20.5 Å². The Morgan fingerprint density at radius 1 is 1.33 bits per heavy atom. The van der Waals surface area contributed by atoms with Gasteiger partial charge in [0.1, 0.15) is 0 Å². The Balaban J connectivity index is 1.55. The first-order chi connectivity index (χ1) is 11.7. The number of aromatic nitrogens is 1. The van der Waals surface area contributed by atoms with Crippen molar-refractivity contribution in [2.45, 2.75) is 44.7 Å². The number of amides is 2. The van der Waals surface area contributed by atoms with Gasteiger partial charge in [0.15, 0.2) is 0 Å². The van der Waals surface area contributed by atoms with Crippen molar-refractivity contribution in [2.75, 3.05) is 19.6 Å². The molecular weight excluding hydrogens is 300 g/mol. The summed E-state index contributed by atoms with van der Waals surface area (Å²) in [5.74, 6) is 0.466. The van der Waals surface area contributed by atoms with Crippen molar-refractivity contribution in [2.24, 2.45) is 0 Å². The molecule has 128 valence electrons. The van der Waals surface area contributed by atoms with Gasteiger partial charge in [0.25, 0.3) is 0 Å². The Morgan fingerprint density at radius 3 is 2.96 bits per heavy atom. The summed E-state index contributed by atoms with van der Waals surface area (Å²) in [6.45, 7) is 6.39. The van der Waals surface area contributed by atoms with Crippen LogP contribution in [0.1, 0.15) is 37.3 Å². The fourth-order valence-corrected chi connectivity index (χ4v) is 4.43. The molecule has 1 aliphatic carbocycles. The minimum atomic E-state index is 0.0570. The molecule has 2 heterocycles. The molecule has 2 amide bonds. The van der Waals surface area contributed by atoms with E-state index in [9.17, 15) is 4.79 Å². The van der Waals surface area contributed by atoms with Crippen LogP contribution in [0, 0.1) is 0 Å². The number of benzene rings is 1. The average molecular weight is 326 g/mol. The van der Waals surface area contributed by atoms with E-state index in [2.05, 4.69) is 40.0 Å². The molecule has 0 radical (unpaired) electrons. The van der Waals surface area contributed by atoms with E-state index >= 15 is 0 Å². The maximum atomic E-state index is 12.4. The first-order valence-electron chi connectivity index (χ1n) is 9.09. The molecule has 1 saturated heterocycles. The van der Waals surface area contributed by atoms with Gasteiger partial charge in [-0.3, -0.25) is 0 Å². The average Bonchev–Trinajstić information content (AvgIpc) is 3.01. The number of urea groups is 1. The monoisotopic (exact) mass is 326 g/mol. The topological polar surface area (TPSA) is 60.2 Å². The lowest BCUT2D eigenvalue weighted by atomic mass is 9.75. The molecule has 3 atom stereocenters. The number of fused-ring (bicyclic) bond motifs is 2. The maximum absolute atomic E-state index is 12.4. The van der Waals surface area contributed by atoms with E-state index < -0.39 is 0 Å². The summed E-state index contributed by atoms with van der Waals surface area (Å²) in [7, 11) is 0. The number of carbonyl (C=O) groups excluding carboxylic acids is 1. The SMILES string of the molecule is CCN(CC)C(=O)N[C@@H]1CN[C@@H]2Cc3c[nH]c4cccc(c34)C2C1. The third kappa shape index (κ3) is 2.47. The lowest BCUT2D eigenvalue weighted by molar-refractivity contribution is 0.191. The van der Waals surface area contributed by atoms with Crippen LogP contribution < -0.4 is 10.6 Å². The minimum absolute atomic E-state index is 0.0570. The van der Waals surface area contributed by atoms with Gasteiger partial charge in [0.05, 0.1) is 0 Å². The molecule has 0 bridgehead atoms. The van der Waals surface area contributed by atoms with Crippen LogP contribution in [-0.2, 0) is 6.42 Å². The third-order valence-corrected chi connectivity index (χ3v) is 5.69. The van der Waals surface area contributed by atoms with Crippen LogP contribution in [0.15, 0.2) is 24.4 Å². The Kier molecular flexibility index (Phi) is 3.96. The van der Waals surface area contributed by atoms with E-state index in [1.807, 2.05) is 18.7 Å². The number of carbonyl (C=O) groups is 1. The molecule has 1 fully saturated rings. The number of hydrogen-bond donors (Lipinski definition) is 3. The summed E-state index contributed by atoms with van der Waals surface area (Å²) in [4.78, 5) is 17.6. The maximum Gasteiger partial charge on any atom is 0.317 e. The van der Waals surface area contributed by atoms with Crippen LogP contribution in [0.2, 0.25) is 0 Å². The molecule has 2 aliphatic rings. The van der Waals surface area contributed by atoms with E-state index in [0.717, 1.165) is 32.5 Å². The lowest BCUT2D eigenvalue weighted by Gasteiger charge is -2.41. The molecule has 1 unspecified atom stereocenters. The van der Waals surface area contributed by atoms with Crippen molar-refractivity contribution < 1.29 is 4.79 Å². The highest BCUT2D eigenvalue weighted by molar-refractivity contribution is 5.88. The van der Waals surface area contributed by atoms with Gasteiger partial charge in [-0.25, -0.2) is 4.79 Å². The van der Waals surface area contributed by atoms with Crippen molar-refractivity contribution in [3.8, 4) is 0 Å². The molecule has 2 aromatic rings. The number of aromatic amines is 1. The second-order valence-corrected chi connectivity index (χ2v) is 6.96. The van der Waals surface area contributed by atoms with Gasteiger partial charge in [-0.05, 0) is 43.9 Å². The fraction of sp³-hybridized carbons (Fsp3) is 0.526. The van der Waals surface area contributed by atoms with Crippen LogP contribution in [0.3, 0.4) is 0 Å². The zero-order valence-corrected chi connectivity index (χ0v) is 14.4. The lowest BCUT2D eigenvalue weighted by Crippen LogP contribution is -2.56. The Morgan fingerprint density at radius 2 is 2.17 bits per heavy atom. The number of nitrogens with zero attached hydrogens (tertiary/aromatic N) is 1. The summed E-state index contributed by atoms with van der Waals surface area (Å²) in [6, 6.07) is 7.27. The van der Waals surface area contributed by atoms with Crippen LogP contribution in [0.25, 0.3) is 10.9 Å². The quantitative estimate of drug-likeness (QED) is 0.812. The highest BCUT2D eigenvalue weighted by atomic mass is 16.2. The molecular formula is C19H26N4O. The van der Waals surface area contributed by atoms with Crippen LogP contribution in [-0.4, -0.2) is 47.6 Å². The predicted octanol–water partition coefficient (Wildman–Crippen LogP) is 2.59. The van der Waals surface area contributed by atoms with Crippen molar-refractivity contribution >= 4 is 16.9 Å². The van der Waals surface area contributed by atoms with Gasteiger partial charge in [-0.1, -0.05) is 12.1 Å². The number of rotatable bonds is 3. The standard InChI is InChI=1S/C19H26N4O/c1-3-23(4-2)19(24)22-13-9-15-14-6-5-7-16-18(14)12(10-20-16)8-17(15)21-11-13/h5-7,10,13,15,17,20-21H,3-4,8-9,11H2,1-2H3,(H,22,24)/t13-,15?,17+/m0/s1. The highest BCUT2D eigenvalue weighted by Gasteiger charge is 2.36. The van der Waals surface area contributed by atoms with E-state index in [-0.39, 0.29) is 12.1 Å². The number of hydrogen-bond acceptors (Lipinski definition) is 2. The summed E-state index contributed by atoms with van der Waals surface area (Å²) >= 11 is 0. The van der Waals surface area contributed by atoms with Gasteiger partial charge in [0, 0.05) is 54.7 Å². The Hall–Kier alpha value is -2.01. The van der Waals surface area contributed by atoms with Crippen molar-refractivity contribution in [3.63, 3.8) is 0 Å². The van der Waals surface area contributed by atoms with Gasteiger partial charge in [-0.15, -0.1) is 0 Å². The number of nitrogens with one attached hydrogen (secondary N) is 3. The zero-order valence-electron chi connectivity index (χ0n) is 14.4. The first kappa shape index (κ1) is 15.5. The fourth-order valence-electron chi connectivity index (χ4n) is 4.43. The number of piperidine rings is 1. The second-order valence-electron chi connectivity index (χ2n) is 6.96.